The Morgan fingerprint density at radius 2 is 2.25 bits per heavy atom. The van der Waals surface area contributed by atoms with Gasteiger partial charge in [0.2, 0.25) is 0 Å². The van der Waals surface area contributed by atoms with Crippen molar-refractivity contribution in [2.24, 2.45) is 5.10 Å². The summed E-state index contributed by atoms with van der Waals surface area (Å²) in [5, 5.41) is 6.92. The van der Waals surface area contributed by atoms with Crippen molar-refractivity contribution in [1.82, 2.24) is 5.43 Å². The maximum Gasteiger partial charge on any atom is 0.339 e. The normalized spacial score (nSPS) is 10.8. The lowest BCUT2D eigenvalue weighted by molar-refractivity contribution is 0.252. The lowest BCUT2D eigenvalue weighted by Gasteiger charge is -2.03. The SMILES string of the molecule is O=C(N/N=C/c1cc(Br)c(I)o1)Nc1cccc(Cl)c1. The molecule has 0 radical (unpaired) electrons. The number of rotatable bonds is 3. The highest BCUT2D eigenvalue weighted by Gasteiger charge is 2.04. The van der Waals surface area contributed by atoms with E-state index in [9.17, 15) is 4.79 Å². The summed E-state index contributed by atoms with van der Waals surface area (Å²) in [6, 6.07) is 8.10. The van der Waals surface area contributed by atoms with Gasteiger partial charge in [0.05, 0.1) is 10.7 Å². The molecule has 0 saturated heterocycles. The van der Waals surface area contributed by atoms with Gasteiger partial charge < -0.3 is 9.73 Å². The average molecular weight is 468 g/mol. The van der Waals surface area contributed by atoms with Crippen LogP contribution in [0.2, 0.25) is 5.02 Å². The number of halogens is 3. The lowest BCUT2D eigenvalue weighted by atomic mass is 10.3. The molecule has 0 aliphatic heterocycles. The molecule has 2 aromatic rings. The minimum atomic E-state index is -0.469. The molecular weight excluding hydrogens is 460 g/mol. The topological polar surface area (TPSA) is 66.6 Å². The number of nitrogens with zero attached hydrogens (tertiary/aromatic N) is 1. The molecule has 0 atom stereocenters. The molecule has 0 saturated carbocycles. The number of anilines is 1. The number of nitrogens with one attached hydrogen (secondary N) is 2. The summed E-state index contributed by atoms with van der Waals surface area (Å²) >= 11 is 11.2. The molecule has 1 aromatic carbocycles. The largest absolute Gasteiger partial charge is 0.448 e. The summed E-state index contributed by atoms with van der Waals surface area (Å²) in [6.45, 7) is 0. The first kappa shape index (κ1) is 15.3. The summed E-state index contributed by atoms with van der Waals surface area (Å²) in [5.41, 5.74) is 2.91. The number of carbonyl (C=O) groups excluding carboxylic acids is 1. The Morgan fingerprint density at radius 3 is 2.90 bits per heavy atom. The van der Waals surface area contributed by atoms with Gasteiger partial charge in [0, 0.05) is 39.4 Å². The second-order valence-corrected chi connectivity index (χ2v) is 5.88. The fourth-order valence-corrected chi connectivity index (χ4v) is 2.21. The number of urea groups is 1. The van der Waals surface area contributed by atoms with E-state index in [1.807, 2.05) is 22.6 Å². The summed E-state index contributed by atoms with van der Waals surface area (Å²) in [4.78, 5) is 11.6. The number of amides is 2. The van der Waals surface area contributed by atoms with E-state index in [1.165, 1.54) is 6.21 Å². The van der Waals surface area contributed by atoms with Crippen LogP contribution in [0, 0.1) is 3.77 Å². The maximum absolute atomic E-state index is 11.6. The first-order chi connectivity index (χ1) is 9.54. The Hall–Kier alpha value is -1.06. The molecule has 2 amide bonds. The molecule has 0 spiro atoms. The van der Waals surface area contributed by atoms with Crippen molar-refractivity contribution >= 4 is 68.1 Å². The number of hydrogen-bond donors (Lipinski definition) is 2. The van der Waals surface area contributed by atoms with Gasteiger partial charge in [0.25, 0.3) is 0 Å². The van der Waals surface area contributed by atoms with Crippen molar-refractivity contribution in [3.8, 4) is 0 Å². The second kappa shape index (κ2) is 7.09. The van der Waals surface area contributed by atoms with Gasteiger partial charge in [-0.25, -0.2) is 10.2 Å². The van der Waals surface area contributed by atoms with Crippen molar-refractivity contribution in [1.29, 1.82) is 0 Å². The van der Waals surface area contributed by atoms with Crippen LogP contribution in [0.3, 0.4) is 0 Å². The van der Waals surface area contributed by atoms with Gasteiger partial charge in [-0.3, -0.25) is 0 Å². The fourth-order valence-electron chi connectivity index (χ4n) is 1.31. The van der Waals surface area contributed by atoms with Crippen LogP contribution in [0.4, 0.5) is 10.5 Å². The molecule has 1 heterocycles. The van der Waals surface area contributed by atoms with Crippen LogP contribution < -0.4 is 10.7 Å². The molecule has 2 N–H and O–H groups in total. The van der Waals surface area contributed by atoms with Gasteiger partial charge in [-0.05, 0) is 34.1 Å². The van der Waals surface area contributed by atoms with E-state index >= 15 is 0 Å². The first-order valence-corrected chi connectivity index (χ1v) is 7.60. The summed E-state index contributed by atoms with van der Waals surface area (Å²) in [5.74, 6) is 0.532. The molecule has 8 heteroatoms. The number of benzene rings is 1. The van der Waals surface area contributed by atoms with Crippen molar-refractivity contribution in [3.63, 3.8) is 0 Å². The average Bonchev–Trinajstić information content (AvgIpc) is 2.68. The van der Waals surface area contributed by atoms with Crippen molar-refractivity contribution < 1.29 is 9.21 Å². The standard InChI is InChI=1S/C12H8BrClIN3O2/c13-10-5-9(20-11(10)15)6-16-18-12(19)17-8-3-1-2-7(14)4-8/h1-6H,(H2,17,18,19)/b16-6+. The van der Waals surface area contributed by atoms with Crippen LogP contribution in [0.25, 0.3) is 0 Å². The summed E-state index contributed by atoms with van der Waals surface area (Å²) in [7, 11) is 0. The summed E-state index contributed by atoms with van der Waals surface area (Å²) < 4.78 is 6.88. The third kappa shape index (κ3) is 4.50. The van der Waals surface area contributed by atoms with Crippen LogP contribution in [0.1, 0.15) is 5.76 Å². The Bertz CT molecular complexity index is 640. The monoisotopic (exact) mass is 467 g/mol. The molecule has 0 bridgehead atoms. The Morgan fingerprint density at radius 1 is 1.45 bits per heavy atom. The molecule has 20 heavy (non-hydrogen) atoms. The molecule has 104 valence electrons. The first-order valence-electron chi connectivity index (χ1n) is 5.35. The molecule has 1 aromatic heterocycles. The van der Waals surface area contributed by atoms with Crippen LogP contribution >= 0.6 is 50.1 Å². The smallest absolute Gasteiger partial charge is 0.339 e. The molecule has 0 fully saturated rings. The molecule has 0 aliphatic rings. The number of furan rings is 1. The third-order valence-corrected chi connectivity index (χ3v) is 4.47. The van der Waals surface area contributed by atoms with E-state index in [1.54, 1.807) is 30.3 Å². The Labute approximate surface area is 142 Å². The van der Waals surface area contributed by atoms with Crippen LogP contribution in [-0.2, 0) is 0 Å². The van der Waals surface area contributed by atoms with E-state index in [4.69, 9.17) is 16.0 Å². The van der Waals surface area contributed by atoms with Crippen LogP contribution in [-0.4, -0.2) is 12.2 Å². The van der Waals surface area contributed by atoms with Gasteiger partial charge in [-0.15, -0.1) is 0 Å². The number of hydrogen-bond acceptors (Lipinski definition) is 3. The Kier molecular flexibility index (Phi) is 5.44. The highest BCUT2D eigenvalue weighted by Crippen LogP contribution is 2.22. The van der Waals surface area contributed by atoms with E-state index in [0.717, 1.165) is 4.47 Å². The van der Waals surface area contributed by atoms with Gasteiger partial charge >= 0.3 is 6.03 Å². The van der Waals surface area contributed by atoms with Crippen molar-refractivity contribution in [2.75, 3.05) is 5.32 Å². The fraction of sp³-hybridized carbons (Fsp3) is 0. The highest BCUT2D eigenvalue weighted by atomic mass is 127. The van der Waals surface area contributed by atoms with E-state index in [0.29, 0.717) is 20.2 Å². The van der Waals surface area contributed by atoms with E-state index in [2.05, 4.69) is 31.8 Å². The molecule has 2 rings (SSSR count). The van der Waals surface area contributed by atoms with Crippen molar-refractivity contribution in [3.05, 3.63) is 49.4 Å². The highest BCUT2D eigenvalue weighted by molar-refractivity contribution is 14.1. The van der Waals surface area contributed by atoms with Crippen molar-refractivity contribution in [2.45, 2.75) is 0 Å². The predicted molar refractivity (Wildman–Crippen MR) is 90.3 cm³/mol. The quantitative estimate of drug-likeness (QED) is 0.397. The van der Waals surface area contributed by atoms with Gasteiger partial charge in [-0.1, -0.05) is 17.7 Å². The number of hydrazone groups is 1. The van der Waals surface area contributed by atoms with E-state index < -0.39 is 6.03 Å². The lowest BCUT2D eigenvalue weighted by Crippen LogP contribution is -2.24. The second-order valence-electron chi connectivity index (χ2n) is 3.60. The Balaban J connectivity index is 1.89. The minimum Gasteiger partial charge on any atom is -0.448 e. The molecule has 0 unspecified atom stereocenters. The third-order valence-electron chi connectivity index (χ3n) is 2.10. The molecular formula is C12H8BrClIN3O2. The van der Waals surface area contributed by atoms with Gasteiger partial charge in [0.15, 0.2) is 3.77 Å². The zero-order valence-corrected chi connectivity index (χ0v) is 14.4. The minimum absolute atomic E-state index is 0.469. The van der Waals surface area contributed by atoms with Gasteiger partial charge in [-0.2, -0.15) is 5.10 Å². The predicted octanol–water partition coefficient (Wildman–Crippen LogP) is 4.46. The number of carbonyl (C=O) groups is 1. The zero-order valence-electron chi connectivity index (χ0n) is 9.86. The zero-order chi connectivity index (χ0) is 14.5. The van der Waals surface area contributed by atoms with Crippen LogP contribution in [0.5, 0.6) is 0 Å². The maximum atomic E-state index is 11.6. The molecule has 0 aliphatic carbocycles. The van der Waals surface area contributed by atoms with Gasteiger partial charge in [0.1, 0.15) is 5.76 Å². The van der Waals surface area contributed by atoms with Crippen LogP contribution in [0.15, 0.2) is 44.3 Å². The molecule has 5 nitrogen and oxygen atoms in total. The summed E-state index contributed by atoms with van der Waals surface area (Å²) in [6.07, 6.45) is 1.41. The van der Waals surface area contributed by atoms with E-state index in [-0.39, 0.29) is 0 Å².